The second kappa shape index (κ2) is 5.27. The van der Waals surface area contributed by atoms with Crippen molar-refractivity contribution in [1.82, 2.24) is 4.90 Å². The van der Waals surface area contributed by atoms with E-state index in [1.807, 2.05) is 6.08 Å². The van der Waals surface area contributed by atoms with Crippen LogP contribution >= 0.6 is 0 Å². The van der Waals surface area contributed by atoms with Crippen molar-refractivity contribution in [2.24, 2.45) is 17.8 Å². The number of fused-ring (bicyclic) bond motifs is 1. The topological polar surface area (TPSA) is 84.0 Å². The first-order valence-corrected chi connectivity index (χ1v) is 8.01. The lowest BCUT2D eigenvalue weighted by molar-refractivity contribution is -0.148. The monoisotopic (exact) mass is 340 g/mol. The molecule has 1 aromatic carbocycles. The quantitative estimate of drug-likeness (QED) is 0.343. The molecule has 3 heterocycles. The Labute approximate surface area is 143 Å². The summed E-state index contributed by atoms with van der Waals surface area (Å²) in [7, 11) is 1.66. The first-order chi connectivity index (χ1) is 11.9. The summed E-state index contributed by atoms with van der Waals surface area (Å²) in [6.45, 7) is 1.29. The third kappa shape index (κ3) is 2.12. The number of carbonyl (C=O) groups excluding carboxylic acids is 4. The second-order valence-corrected chi connectivity index (χ2v) is 6.50. The molecule has 7 nitrogen and oxygen atoms in total. The molecule has 7 heteroatoms. The fourth-order valence-corrected chi connectivity index (χ4v) is 3.99. The van der Waals surface area contributed by atoms with Gasteiger partial charge in [0.2, 0.25) is 17.7 Å². The summed E-state index contributed by atoms with van der Waals surface area (Å²) in [5.74, 6) is -2.65. The molecule has 2 bridgehead atoms. The van der Waals surface area contributed by atoms with Crippen LogP contribution in [-0.4, -0.2) is 41.7 Å². The van der Waals surface area contributed by atoms with Gasteiger partial charge in [0.1, 0.15) is 5.75 Å². The Bertz CT molecular complexity index is 828. The molecule has 3 aliphatic heterocycles. The summed E-state index contributed by atoms with van der Waals surface area (Å²) in [6.07, 6.45) is 3.58. The number of esters is 1. The molecule has 5 rings (SSSR count). The number of hydrogen-bond acceptors (Lipinski definition) is 5. The number of carbonyl (C=O) groups is 4. The van der Waals surface area contributed by atoms with Crippen LogP contribution in [0.2, 0.25) is 0 Å². The Morgan fingerprint density at radius 3 is 2.24 bits per heavy atom. The number of nitrogens with zero attached hydrogens (tertiary/aromatic N) is 2. The summed E-state index contributed by atoms with van der Waals surface area (Å²) in [5, 5.41) is 0. The van der Waals surface area contributed by atoms with Crippen molar-refractivity contribution >= 4 is 29.4 Å². The average molecular weight is 340 g/mol. The van der Waals surface area contributed by atoms with Crippen molar-refractivity contribution in [1.29, 1.82) is 0 Å². The average Bonchev–Trinajstić information content (AvgIpc) is 2.85. The van der Waals surface area contributed by atoms with E-state index in [-0.39, 0.29) is 23.8 Å². The van der Waals surface area contributed by atoms with Crippen LogP contribution in [0, 0.1) is 17.8 Å². The van der Waals surface area contributed by atoms with E-state index in [4.69, 9.17) is 4.74 Å². The van der Waals surface area contributed by atoms with E-state index in [0.29, 0.717) is 11.4 Å². The van der Waals surface area contributed by atoms with Crippen molar-refractivity contribution in [3.05, 3.63) is 36.4 Å². The van der Waals surface area contributed by atoms with Gasteiger partial charge in [-0.3, -0.25) is 19.2 Å². The molecule has 2 fully saturated rings. The molecular formula is C18H16N2O5. The first-order valence-electron chi connectivity index (χ1n) is 8.01. The standard InChI is InChI=1S/C18H16N2O5/c1-9(21)25-11-5-3-10(4-6-11)20-17(23)14-12-7-8-13(15(14)18(20)24)19(2)16(12)22/h3-8,12-15H,1-2H3/t12-,13+,14+,15+/m1/s1. The number of amides is 3. The lowest BCUT2D eigenvalue weighted by atomic mass is 9.70. The van der Waals surface area contributed by atoms with Gasteiger partial charge in [0.15, 0.2) is 0 Å². The fraction of sp³-hybridized carbons (Fsp3) is 0.333. The number of ether oxygens (including phenoxy) is 1. The molecule has 25 heavy (non-hydrogen) atoms. The minimum atomic E-state index is -0.639. The van der Waals surface area contributed by atoms with E-state index >= 15 is 0 Å². The van der Waals surface area contributed by atoms with Gasteiger partial charge < -0.3 is 9.64 Å². The van der Waals surface area contributed by atoms with Gasteiger partial charge in [0.05, 0.1) is 29.5 Å². The maximum atomic E-state index is 12.9. The third-order valence-electron chi connectivity index (χ3n) is 5.10. The molecule has 0 aromatic heterocycles. The van der Waals surface area contributed by atoms with Crippen LogP contribution < -0.4 is 9.64 Å². The number of hydrogen-bond donors (Lipinski definition) is 0. The highest BCUT2D eigenvalue weighted by Gasteiger charge is 2.61. The van der Waals surface area contributed by atoms with Gasteiger partial charge in [0, 0.05) is 14.0 Å². The summed E-state index contributed by atoms with van der Waals surface area (Å²) >= 11 is 0. The molecule has 1 aromatic rings. The molecule has 0 unspecified atom stereocenters. The van der Waals surface area contributed by atoms with Crippen LogP contribution in [0.5, 0.6) is 5.75 Å². The van der Waals surface area contributed by atoms with Gasteiger partial charge in [-0.1, -0.05) is 12.2 Å². The summed E-state index contributed by atoms with van der Waals surface area (Å²) in [5.41, 5.74) is 0.412. The molecule has 0 radical (unpaired) electrons. The number of imide groups is 1. The summed E-state index contributed by atoms with van der Waals surface area (Å²) in [6, 6.07) is 5.80. The predicted octanol–water partition coefficient (Wildman–Crippen LogP) is 0.744. The molecule has 128 valence electrons. The largest absolute Gasteiger partial charge is 0.427 e. The van der Waals surface area contributed by atoms with Crippen molar-refractivity contribution in [3.63, 3.8) is 0 Å². The van der Waals surface area contributed by atoms with Crippen LogP contribution in [0.25, 0.3) is 0 Å². The highest BCUT2D eigenvalue weighted by molar-refractivity contribution is 6.24. The van der Waals surface area contributed by atoms with Crippen molar-refractivity contribution < 1.29 is 23.9 Å². The fourth-order valence-electron chi connectivity index (χ4n) is 3.99. The van der Waals surface area contributed by atoms with Crippen molar-refractivity contribution in [2.75, 3.05) is 11.9 Å². The molecule has 0 N–H and O–H groups in total. The molecule has 0 spiro atoms. The van der Waals surface area contributed by atoms with E-state index < -0.39 is 23.7 Å². The van der Waals surface area contributed by atoms with Gasteiger partial charge in [-0.25, -0.2) is 4.90 Å². The first kappa shape index (κ1) is 15.6. The zero-order chi connectivity index (χ0) is 17.9. The van der Waals surface area contributed by atoms with Crippen LogP contribution in [0.1, 0.15) is 6.92 Å². The number of rotatable bonds is 2. The number of likely N-dealkylation sites (N-methyl/N-ethyl adjacent to an activating group) is 1. The van der Waals surface area contributed by atoms with E-state index in [1.54, 1.807) is 30.2 Å². The third-order valence-corrected chi connectivity index (χ3v) is 5.10. The molecule has 4 aliphatic rings. The maximum Gasteiger partial charge on any atom is 0.308 e. The summed E-state index contributed by atoms with van der Waals surface area (Å²) < 4.78 is 4.96. The number of anilines is 1. The van der Waals surface area contributed by atoms with E-state index in [9.17, 15) is 19.2 Å². The smallest absolute Gasteiger partial charge is 0.308 e. The van der Waals surface area contributed by atoms with Gasteiger partial charge in [-0.15, -0.1) is 0 Å². The molecule has 1 aliphatic carbocycles. The molecule has 2 saturated heterocycles. The van der Waals surface area contributed by atoms with Crippen LogP contribution in [0.4, 0.5) is 5.69 Å². The van der Waals surface area contributed by atoms with Crippen LogP contribution in [0.3, 0.4) is 0 Å². The lowest BCUT2D eigenvalue weighted by Crippen LogP contribution is -2.57. The van der Waals surface area contributed by atoms with Crippen molar-refractivity contribution in [3.8, 4) is 5.75 Å². The zero-order valence-electron chi connectivity index (χ0n) is 13.7. The Kier molecular flexibility index (Phi) is 3.28. The lowest BCUT2D eigenvalue weighted by Gasteiger charge is -2.44. The SMILES string of the molecule is CC(=O)Oc1ccc(N2C(=O)[C@@H]3[C@@H](C2=O)[C@@H]2C=C[C@H]3C(=O)N2C)cc1. The number of piperidine rings is 1. The Morgan fingerprint density at radius 2 is 1.60 bits per heavy atom. The predicted molar refractivity (Wildman–Crippen MR) is 86.4 cm³/mol. The maximum absolute atomic E-state index is 12.9. The molecule has 4 atom stereocenters. The van der Waals surface area contributed by atoms with Gasteiger partial charge >= 0.3 is 5.97 Å². The van der Waals surface area contributed by atoms with Crippen molar-refractivity contribution in [2.45, 2.75) is 13.0 Å². The Balaban J connectivity index is 1.67. The van der Waals surface area contributed by atoms with Crippen LogP contribution in [-0.2, 0) is 19.2 Å². The van der Waals surface area contributed by atoms with E-state index in [2.05, 4.69) is 0 Å². The van der Waals surface area contributed by atoms with E-state index in [0.717, 1.165) is 4.90 Å². The highest BCUT2D eigenvalue weighted by Crippen LogP contribution is 2.46. The minimum Gasteiger partial charge on any atom is -0.427 e. The highest BCUT2D eigenvalue weighted by atomic mass is 16.5. The Hall–Kier alpha value is -2.96. The minimum absolute atomic E-state index is 0.123. The second-order valence-electron chi connectivity index (χ2n) is 6.50. The molecular weight excluding hydrogens is 324 g/mol. The number of benzene rings is 1. The Morgan fingerprint density at radius 1 is 0.960 bits per heavy atom. The summed E-state index contributed by atoms with van der Waals surface area (Å²) in [4.78, 5) is 51.8. The van der Waals surface area contributed by atoms with Gasteiger partial charge in [0.25, 0.3) is 0 Å². The molecule has 0 saturated carbocycles. The molecule has 3 amide bonds. The van der Waals surface area contributed by atoms with E-state index in [1.165, 1.54) is 19.1 Å². The van der Waals surface area contributed by atoms with Gasteiger partial charge in [-0.2, -0.15) is 0 Å². The zero-order valence-corrected chi connectivity index (χ0v) is 13.7. The van der Waals surface area contributed by atoms with Crippen LogP contribution in [0.15, 0.2) is 36.4 Å². The normalized spacial score (nSPS) is 30.1. The van der Waals surface area contributed by atoms with Gasteiger partial charge in [-0.05, 0) is 24.3 Å².